The van der Waals surface area contributed by atoms with Crippen LogP contribution in [-0.4, -0.2) is 6.79 Å². The summed E-state index contributed by atoms with van der Waals surface area (Å²) in [7, 11) is 0. The third-order valence-corrected chi connectivity index (χ3v) is 2.52. The van der Waals surface area contributed by atoms with Crippen molar-refractivity contribution in [1.82, 2.24) is 0 Å². The summed E-state index contributed by atoms with van der Waals surface area (Å²) in [6.45, 7) is 8.93. The van der Waals surface area contributed by atoms with Crippen molar-refractivity contribution in [2.45, 2.75) is 33.1 Å². The first kappa shape index (κ1) is 9.38. The molecule has 2 rings (SSSR count). The van der Waals surface area contributed by atoms with Crippen molar-refractivity contribution in [2.75, 3.05) is 6.79 Å². The van der Waals surface area contributed by atoms with Crippen LogP contribution in [-0.2, 0) is 5.41 Å². The average molecular weight is 192 g/mol. The summed E-state index contributed by atoms with van der Waals surface area (Å²) in [6, 6.07) is 4.22. The van der Waals surface area contributed by atoms with E-state index in [0.717, 1.165) is 17.1 Å². The molecule has 1 aliphatic heterocycles. The van der Waals surface area contributed by atoms with Gasteiger partial charge in [-0.2, -0.15) is 0 Å². The Hall–Kier alpha value is -1.18. The molecule has 0 N–H and O–H groups in total. The second kappa shape index (κ2) is 2.91. The molecule has 0 atom stereocenters. The van der Waals surface area contributed by atoms with Crippen molar-refractivity contribution in [3.8, 4) is 11.5 Å². The van der Waals surface area contributed by atoms with Crippen LogP contribution in [0.15, 0.2) is 12.1 Å². The van der Waals surface area contributed by atoms with Crippen LogP contribution in [0.5, 0.6) is 11.5 Å². The van der Waals surface area contributed by atoms with E-state index in [0.29, 0.717) is 6.79 Å². The van der Waals surface area contributed by atoms with Gasteiger partial charge in [-0.3, -0.25) is 0 Å². The fraction of sp³-hybridized carbons (Fsp3) is 0.500. The first-order valence-corrected chi connectivity index (χ1v) is 4.90. The van der Waals surface area contributed by atoms with Crippen LogP contribution in [0, 0.1) is 6.92 Å². The summed E-state index contributed by atoms with van der Waals surface area (Å²) in [5.41, 5.74) is 2.46. The highest BCUT2D eigenvalue weighted by Gasteiger charge is 2.26. The van der Waals surface area contributed by atoms with Gasteiger partial charge in [0.05, 0.1) is 0 Å². The average Bonchev–Trinajstić information content (AvgIpc) is 2.50. The van der Waals surface area contributed by atoms with E-state index in [9.17, 15) is 0 Å². The molecule has 0 fully saturated rings. The molecule has 76 valence electrons. The Morgan fingerprint density at radius 3 is 2.36 bits per heavy atom. The molecule has 1 aromatic carbocycles. The van der Waals surface area contributed by atoms with E-state index in [1.807, 2.05) is 6.92 Å². The van der Waals surface area contributed by atoms with Gasteiger partial charge in [0, 0.05) is 5.56 Å². The number of benzene rings is 1. The smallest absolute Gasteiger partial charge is 0.231 e. The van der Waals surface area contributed by atoms with Crippen LogP contribution in [0.1, 0.15) is 31.9 Å². The normalized spacial score (nSPS) is 14.6. The summed E-state index contributed by atoms with van der Waals surface area (Å²) in [5.74, 6) is 1.84. The Kier molecular flexibility index (Phi) is 1.95. The van der Waals surface area contributed by atoms with Crippen LogP contribution in [0.2, 0.25) is 0 Å². The van der Waals surface area contributed by atoms with Gasteiger partial charge in [0.1, 0.15) is 0 Å². The molecule has 0 aliphatic carbocycles. The van der Waals surface area contributed by atoms with Crippen LogP contribution in [0.4, 0.5) is 0 Å². The summed E-state index contributed by atoms with van der Waals surface area (Å²) < 4.78 is 11.0. The molecule has 0 aromatic heterocycles. The van der Waals surface area contributed by atoms with Gasteiger partial charge in [-0.25, -0.2) is 0 Å². The van der Waals surface area contributed by atoms with Crippen molar-refractivity contribution in [3.63, 3.8) is 0 Å². The van der Waals surface area contributed by atoms with E-state index in [1.165, 1.54) is 5.56 Å². The van der Waals surface area contributed by atoms with Gasteiger partial charge >= 0.3 is 0 Å². The maximum atomic E-state index is 5.51. The predicted octanol–water partition coefficient (Wildman–Crippen LogP) is 3.02. The third kappa shape index (κ3) is 1.35. The molecule has 1 aromatic rings. The highest BCUT2D eigenvalue weighted by Crippen LogP contribution is 2.43. The standard InChI is InChI=1S/C12H16O2/c1-8-5-6-9(12(2,3)4)11-10(8)13-7-14-11/h5-6H,7H2,1-4H3. The molecule has 0 saturated heterocycles. The zero-order chi connectivity index (χ0) is 10.3. The zero-order valence-corrected chi connectivity index (χ0v) is 9.18. The molecule has 0 unspecified atom stereocenters. The van der Waals surface area contributed by atoms with Gasteiger partial charge in [0.15, 0.2) is 11.5 Å². The topological polar surface area (TPSA) is 18.5 Å². The Balaban J connectivity index is 2.60. The minimum Gasteiger partial charge on any atom is -0.453 e. The second-order valence-electron chi connectivity index (χ2n) is 4.74. The molecule has 0 amide bonds. The number of aryl methyl sites for hydroxylation is 1. The molecule has 0 bridgehead atoms. The van der Waals surface area contributed by atoms with Gasteiger partial charge in [-0.05, 0) is 17.9 Å². The van der Waals surface area contributed by atoms with E-state index in [4.69, 9.17) is 9.47 Å². The molecule has 1 aliphatic rings. The lowest BCUT2D eigenvalue weighted by Gasteiger charge is -2.21. The molecule has 14 heavy (non-hydrogen) atoms. The van der Waals surface area contributed by atoms with E-state index in [1.54, 1.807) is 0 Å². The predicted molar refractivity (Wildman–Crippen MR) is 56.0 cm³/mol. The van der Waals surface area contributed by atoms with Crippen molar-refractivity contribution in [1.29, 1.82) is 0 Å². The molecule has 1 heterocycles. The number of hydrogen-bond acceptors (Lipinski definition) is 2. The quantitative estimate of drug-likeness (QED) is 0.629. The first-order chi connectivity index (χ1) is 6.50. The van der Waals surface area contributed by atoms with Gasteiger partial charge in [-0.1, -0.05) is 32.9 Å². The molecule has 0 saturated carbocycles. The van der Waals surface area contributed by atoms with Crippen molar-refractivity contribution in [2.24, 2.45) is 0 Å². The minimum atomic E-state index is 0.103. The minimum absolute atomic E-state index is 0.103. The number of ether oxygens (including phenoxy) is 2. The summed E-state index contributed by atoms with van der Waals surface area (Å²) in [5, 5.41) is 0. The lowest BCUT2D eigenvalue weighted by Crippen LogP contribution is -2.12. The highest BCUT2D eigenvalue weighted by atomic mass is 16.7. The Bertz CT molecular complexity index is 361. The van der Waals surface area contributed by atoms with Crippen molar-refractivity contribution in [3.05, 3.63) is 23.3 Å². The van der Waals surface area contributed by atoms with Crippen LogP contribution in [0.3, 0.4) is 0 Å². The maximum absolute atomic E-state index is 5.51. The van der Waals surface area contributed by atoms with Crippen LogP contribution in [0.25, 0.3) is 0 Å². The van der Waals surface area contributed by atoms with Gasteiger partial charge in [-0.15, -0.1) is 0 Å². The zero-order valence-electron chi connectivity index (χ0n) is 9.18. The number of fused-ring (bicyclic) bond motifs is 1. The second-order valence-corrected chi connectivity index (χ2v) is 4.74. The Labute approximate surface area is 84.8 Å². The van der Waals surface area contributed by atoms with Gasteiger partial charge in [0.25, 0.3) is 0 Å². The first-order valence-electron chi connectivity index (χ1n) is 4.90. The van der Waals surface area contributed by atoms with E-state index in [2.05, 4.69) is 32.9 Å². The Morgan fingerprint density at radius 1 is 1.07 bits per heavy atom. The summed E-state index contributed by atoms with van der Waals surface area (Å²) >= 11 is 0. The molecule has 2 nitrogen and oxygen atoms in total. The van der Waals surface area contributed by atoms with E-state index >= 15 is 0 Å². The lowest BCUT2D eigenvalue weighted by molar-refractivity contribution is 0.172. The molecular formula is C12H16O2. The molecule has 2 heteroatoms. The van der Waals surface area contributed by atoms with Crippen molar-refractivity contribution >= 4 is 0 Å². The van der Waals surface area contributed by atoms with Crippen molar-refractivity contribution < 1.29 is 9.47 Å². The Morgan fingerprint density at radius 2 is 1.71 bits per heavy atom. The summed E-state index contributed by atoms with van der Waals surface area (Å²) in [4.78, 5) is 0. The molecule has 0 spiro atoms. The summed E-state index contributed by atoms with van der Waals surface area (Å²) in [6.07, 6.45) is 0. The monoisotopic (exact) mass is 192 g/mol. The van der Waals surface area contributed by atoms with Crippen LogP contribution < -0.4 is 9.47 Å². The third-order valence-electron chi connectivity index (χ3n) is 2.52. The largest absolute Gasteiger partial charge is 0.453 e. The van der Waals surface area contributed by atoms with E-state index < -0.39 is 0 Å². The molecule has 0 radical (unpaired) electrons. The van der Waals surface area contributed by atoms with Gasteiger partial charge < -0.3 is 9.47 Å². The fourth-order valence-electron chi connectivity index (χ4n) is 1.72. The SMILES string of the molecule is Cc1ccc(C(C)(C)C)c2c1OCO2. The van der Waals surface area contributed by atoms with Gasteiger partial charge in [0.2, 0.25) is 6.79 Å². The fourth-order valence-corrected chi connectivity index (χ4v) is 1.72. The maximum Gasteiger partial charge on any atom is 0.231 e. The lowest BCUT2D eigenvalue weighted by atomic mass is 9.85. The van der Waals surface area contributed by atoms with Crippen LogP contribution >= 0.6 is 0 Å². The van der Waals surface area contributed by atoms with E-state index in [-0.39, 0.29) is 5.41 Å². The number of hydrogen-bond donors (Lipinski definition) is 0. The molecular weight excluding hydrogens is 176 g/mol. The number of rotatable bonds is 0. The highest BCUT2D eigenvalue weighted by molar-refractivity contribution is 5.55.